The van der Waals surface area contributed by atoms with Gasteiger partial charge in [0.1, 0.15) is 0 Å². The number of aliphatic imine (C=N–C) groups is 1. The fourth-order valence-electron chi connectivity index (χ4n) is 3.91. The molecule has 0 atom stereocenters. The molecule has 28 heavy (non-hydrogen) atoms. The molecule has 0 aromatic heterocycles. The number of nitrogens with zero attached hydrogens (tertiary/aromatic N) is 3. The van der Waals surface area contributed by atoms with Crippen LogP contribution in [0.1, 0.15) is 58.3 Å². The SMILES string of the molecule is CCNC(=NCCCOC1CCCCC1)NCCCN1CCCN(C)CC1.I. The Labute approximate surface area is 190 Å². The second kappa shape index (κ2) is 16.7. The van der Waals surface area contributed by atoms with Crippen LogP contribution in [0, 0.1) is 0 Å². The summed E-state index contributed by atoms with van der Waals surface area (Å²) in [7, 11) is 2.23. The van der Waals surface area contributed by atoms with Gasteiger partial charge in [-0.15, -0.1) is 24.0 Å². The van der Waals surface area contributed by atoms with Crippen molar-refractivity contribution in [2.45, 2.75) is 64.4 Å². The van der Waals surface area contributed by atoms with E-state index in [2.05, 4.69) is 34.4 Å². The van der Waals surface area contributed by atoms with Crippen LogP contribution < -0.4 is 10.6 Å². The molecule has 6 nitrogen and oxygen atoms in total. The van der Waals surface area contributed by atoms with Gasteiger partial charge >= 0.3 is 0 Å². The minimum Gasteiger partial charge on any atom is -0.378 e. The number of likely N-dealkylation sites (N-methyl/N-ethyl adjacent to an activating group) is 1. The molecule has 2 rings (SSSR count). The summed E-state index contributed by atoms with van der Waals surface area (Å²) >= 11 is 0. The second-order valence-corrected chi connectivity index (χ2v) is 8.02. The van der Waals surface area contributed by atoms with Crippen molar-refractivity contribution in [1.82, 2.24) is 20.4 Å². The summed E-state index contributed by atoms with van der Waals surface area (Å²) in [5, 5.41) is 6.84. The molecule has 0 aromatic carbocycles. The molecule has 1 saturated carbocycles. The molecule has 0 spiro atoms. The van der Waals surface area contributed by atoms with Gasteiger partial charge in [0.2, 0.25) is 0 Å². The van der Waals surface area contributed by atoms with Crippen LogP contribution in [-0.4, -0.2) is 87.9 Å². The van der Waals surface area contributed by atoms with Crippen molar-refractivity contribution in [3.05, 3.63) is 0 Å². The van der Waals surface area contributed by atoms with Crippen LogP contribution in [0.15, 0.2) is 4.99 Å². The molecule has 0 unspecified atom stereocenters. The van der Waals surface area contributed by atoms with Gasteiger partial charge in [-0.05, 0) is 65.7 Å². The zero-order valence-electron chi connectivity index (χ0n) is 18.3. The van der Waals surface area contributed by atoms with E-state index in [0.29, 0.717) is 6.10 Å². The smallest absolute Gasteiger partial charge is 0.191 e. The fraction of sp³-hybridized carbons (Fsp3) is 0.952. The zero-order valence-corrected chi connectivity index (χ0v) is 20.6. The number of hydrogen-bond acceptors (Lipinski definition) is 4. The van der Waals surface area contributed by atoms with Gasteiger partial charge in [-0.2, -0.15) is 0 Å². The van der Waals surface area contributed by atoms with Gasteiger partial charge in [0.05, 0.1) is 6.10 Å². The summed E-state index contributed by atoms with van der Waals surface area (Å²) in [5.74, 6) is 0.950. The number of guanidine groups is 1. The summed E-state index contributed by atoms with van der Waals surface area (Å²) in [5.41, 5.74) is 0. The summed E-state index contributed by atoms with van der Waals surface area (Å²) in [6.07, 6.45) is 10.5. The maximum absolute atomic E-state index is 5.99. The van der Waals surface area contributed by atoms with Crippen molar-refractivity contribution in [2.24, 2.45) is 4.99 Å². The van der Waals surface area contributed by atoms with Crippen molar-refractivity contribution >= 4 is 29.9 Å². The first kappa shape index (κ1) is 25.9. The van der Waals surface area contributed by atoms with Crippen molar-refractivity contribution < 1.29 is 4.74 Å². The normalized spacial score (nSPS) is 20.4. The Morgan fingerprint density at radius 3 is 2.61 bits per heavy atom. The van der Waals surface area contributed by atoms with Gasteiger partial charge in [-0.3, -0.25) is 4.99 Å². The maximum atomic E-state index is 5.99. The van der Waals surface area contributed by atoms with Crippen LogP contribution in [0.3, 0.4) is 0 Å². The summed E-state index contributed by atoms with van der Waals surface area (Å²) in [4.78, 5) is 9.73. The van der Waals surface area contributed by atoms with E-state index >= 15 is 0 Å². The first-order chi connectivity index (χ1) is 13.3. The molecule has 1 heterocycles. The molecule has 0 amide bonds. The highest BCUT2D eigenvalue weighted by Crippen LogP contribution is 2.20. The van der Waals surface area contributed by atoms with Crippen LogP contribution in [0.25, 0.3) is 0 Å². The van der Waals surface area contributed by atoms with E-state index < -0.39 is 0 Å². The zero-order chi connectivity index (χ0) is 19.2. The lowest BCUT2D eigenvalue weighted by Crippen LogP contribution is -2.39. The quantitative estimate of drug-likeness (QED) is 0.205. The Morgan fingerprint density at radius 2 is 1.82 bits per heavy atom. The average molecular weight is 510 g/mol. The molecule has 1 aliphatic heterocycles. The van der Waals surface area contributed by atoms with Crippen LogP contribution >= 0.6 is 24.0 Å². The number of halogens is 1. The van der Waals surface area contributed by atoms with E-state index in [1.54, 1.807) is 0 Å². The highest BCUT2D eigenvalue weighted by Gasteiger charge is 2.13. The molecule has 1 saturated heterocycles. The summed E-state index contributed by atoms with van der Waals surface area (Å²) < 4.78 is 5.99. The third-order valence-corrected chi connectivity index (χ3v) is 5.58. The molecule has 2 N–H and O–H groups in total. The van der Waals surface area contributed by atoms with Crippen LogP contribution in [0.2, 0.25) is 0 Å². The molecule has 0 radical (unpaired) electrons. The largest absolute Gasteiger partial charge is 0.378 e. The van der Waals surface area contributed by atoms with E-state index in [-0.39, 0.29) is 24.0 Å². The Hall–Kier alpha value is -0.120. The predicted octanol–water partition coefficient (Wildman–Crippen LogP) is 2.93. The van der Waals surface area contributed by atoms with Crippen molar-refractivity contribution in [2.75, 3.05) is 66.0 Å². The lowest BCUT2D eigenvalue weighted by Gasteiger charge is -2.21. The van der Waals surface area contributed by atoms with Crippen molar-refractivity contribution in [3.8, 4) is 0 Å². The number of hydrogen-bond donors (Lipinski definition) is 2. The molecule has 0 bridgehead atoms. The summed E-state index contributed by atoms with van der Waals surface area (Å²) in [6, 6.07) is 0. The van der Waals surface area contributed by atoms with Gasteiger partial charge in [-0.1, -0.05) is 19.3 Å². The standard InChI is InChI=1S/C21H43N5O.HI/c1-3-22-21(24-13-8-19-27-20-10-5-4-6-11-20)23-12-7-15-26-16-9-14-25(2)17-18-26;/h20H,3-19H2,1-2H3,(H2,22,23,24);1H. The van der Waals surface area contributed by atoms with Crippen molar-refractivity contribution in [3.63, 3.8) is 0 Å². The molecule has 1 aliphatic carbocycles. The van der Waals surface area contributed by atoms with E-state index in [4.69, 9.17) is 9.73 Å². The van der Waals surface area contributed by atoms with Gasteiger partial charge in [-0.25, -0.2) is 0 Å². The molecular weight excluding hydrogens is 465 g/mol. The Balaban J connectivity index is 0.00000392. The van der Waals surface area contributed by atoms with E-state index in [0.717, 1.165) is 38.6 Å². The van der Waals surface area contributed by atoms with Gasteiger partial charge in [0.15, 0.2) is 5.96 Å². The van der Waals surface area contributed by atoms with E-state index in [9.17, 15) is 0 Å². The highest BCUT2D eigenvalue weighted by molar-refractivity contribution is 14.0. The fourth-order valence-corrected chi connectivity index (χ4v) is 3.91. The molecule has 7 heteroatoms. The molecule has 166 valence electrons. The number of nitrogens with one attached hydrogen (secondary N) is 2. The first-order valence-corrected chi connectivity index (χ1v) is 11.3. The lowest BCUT2D eigenvalue weighted by atomic mass is 9.98. The van der Waals surface area contributed by atoms with Gasteiger partial charge < -0.3 is 25.2 Å². The lowest BCUT2D eigenvalue weighted by molar-refractivity contribution is 0.0281. The first-order valence-electron chi connectivity index (χ1n) is 11.3. The molecule has 2 aliphatic rings. The monoisotopic (exact) mass is 509 g/mol. The number of rotatable bonds is 10. The highest BCUT2D eigenvalue weighted by atomic mass is 127. The minimum atomic E-state index is 0. The minimum absolute atomic E-state index is 0. The molecular formula is C21H44IN5O. The third kappa shape index (κ3) is 11.8. The Bertz CT molecular complexity index is 404. The predicted molar refractivity (Wildman–Crippen MR) is 130 cm³/mol. The Morgan fingerprint density at radius 1 is 1.00 bits per heavy atom. The molecule has 2 fully saturated rings. The van der Waals surface area contributed by atoms with E-state index in [1.165, 1.54) is 77.7 Å². The van der Waals surface area contributed by atoms with Crippen LogP contribution in [-0.2, 0) is 4.74 Å². The summed E-state index contributed by atoms with van der Waals surface area (Å²) in [6.45, 7) is 11.7. The van der Waals surface area contributed by atoms with Crippen LogP contribution in [0.5, 0.6) is 0 Å². The van der Waals surface area contributed by atoms with Gasteiger partial charge in [0.25, 0.3) is 0 Å². The Kier molecular flexibility index (Phi) is 15.4. The molecule has 0 aromatic rings. The van der Waals surface area contributed by atoms with Crippen molar-refractivity contribution in [1.29, 1.82) is 0 Å². The average Bonchev–Trinajstić information content (AvgIpc) is 2.90. The topological polar surface area (TPSA) is 52.1 Å². The van der Waals surface area contributed by atoms with Crippen LogP contribution in [0.4, 0.5) is 0 Å². The maximum Gasteiger partial charge on any atom is 0.191 e. The van der Waals surface area contributed by atoms with Gasteiger partial charge in [0, 0.05) is 39.3 Å². The third-order valence-electron chi connectivity index (χ3n) is 5.58. The second-order valence-electron chi connectivity index (χ2n) is 8.02. The van der Waals surface area contributed by atoms with E-state index in [1.807, 2.05) is 0 Å². The number of ether oxygens (including phenoxy) is 1.